The maximum atomic E-state index is 14.3. The minimum atomic E-state index is -3.63. The first kappa shape index (κ1) is 35.1. The van der Waals surface area contributed by atoms with Crippen LogP contribution in [0.4, 0.5) is 11.6 Å². The second-order valence-corrected chi connectivity index (χ2v) is 17.7. The molecule has 2 saturated heterocycles. The van der Waals surface area contributed by atoms with Crippen LogP contribution in [0.1, 0.15) is 42.7 Å². The molecule has 2 fully saturated rings. The topological polar surface area (TPSA) is 147 Å². The smallest absolute Gasteiger partial charge is 0.260 e. The largest absolute Gasteiger partial charge is 0.324 e. The summed E-state index contributed by atoms with van der Waals surface area (Å²) in [6.45, 7) is 5.34. The van der Waals surface area contributed by atoms with Crippen LogP contribution < -0.4 is 16.2 Å². The average molecular weight is 708 g/mol. The highest BCUT2D eigenvalue weighted by Gasteiger charge is 2.31. The second kappa shape index (κ2) is 14.3. The predicted octanol–water partition coefficient (Wildman–Crippen LogP) is 3.74. The molecular weight excluding hydrogens is 663 g/mol. The third-order valence-corrected chi connectivity index (χ3v) is 13.5. The van der Waals surface area contributed by atoms with Crippen molar-refractivity contribution in [3.05, 3.63) is 76.2 Å². The molecule has 2 aliphatic heterocycles. The molecular formula is C35H45N7O5S2. The third kappa shape index (κ3) is 7.73. The summed E-state index contributed by atoms with van der Waals surface area (Å²) in [5.41, 5.74) is 3.54. The molecule has 14 heteroatoms. The van der Waals surface area contributed by atoms with Crippen LogP contribution in [-0.4, -0.2) is 98.9 Å². The van der Waals surface area contributed by atoms with Crippen molar-refractivity contribution in [2.24, 2.45) is 0 Å². The fraction of sp³-hybridized carbons (Fsp3) is 0.457. The first-order valence-electron chi connectivity index (χ1n) is 16.7. The Morgan fingerprint density at radius 2 is 1.73 bits per heavy atom. The van der Waals surface area contributed by atoms with Gasteiger partial charge in [-0.25, -0.2) is 26.1 Å². The van der Waals surface area contributed by atoms with E-state index in [9.17, 15) is 21.6 Å². The molecule has 0 radical (unpaired) electrons. The van der Waals surface area contributed by atoms with Crippen LogP contribution in [0.3, 0.4) is 0 Å². The number of pyridine rings is 1. The highest BCUT2D eigenvalue weighted by atomic mass is 32.2. The van der Waals surface area contributed by atoms with Crippen LogP contribution in [0.25, 0.3) is 22.2 Å². The number of hydrogen-bond donors (Lipinski definition) is 2. The molecule has 1 atom stereocenters. The molecule has 0 bridgehead atoms. The Bertz CT molecular complexity index is 2100. The number of nitrogens with one attached hydrogen (secondary N) is 2. The zero-order valence-corrected chi connectivity index (χ0v) is 30.1. The van der Waals surface area contributed by atoms with Crippen molar-refractivity contribution in [3.63, 3.8) is 0 Å². The standard InChI is InChI=1S/C35H45N7O5S2/c1-24-7-12-30(49(46,47)29-13-16-40(2)17-14-29)21-31(24)32-20-27-23-37-35(38-28-10-8-25(9-11-28)26-6-5-15-36-22-26)39-33(27)42(34(32)43)19-18-41(3)48(4,44)45/h7-12,20-21,23,26,29,36H,5-6,13-19,22H2,1-4H3,(H,37,38,39). The Balaban J connectivity index is 1.38. The van der Waals surface area contributed by atoms with Crippen molar-refractivity contribution in [3.8, 4) is 11.1 Å². The summed E-state index contributed by atoms with van der Waals surface area (Å²) in [7, 11) is -3.68. The Morgan fingerprint density at radius 3 is 2.41 bits per heavy atom. The predicted molar refractivity (Wildman–Crippen MR) is 194 cm³/mol. The van der Waals surface area contributed by atoms with Gasteiger partial charge in [-0.15, -0.1) is 0 Å². The van der Waals surface area contributed by atoms with Gasteiger partial charge in [-0.05, 0) is 112 Å². The van der Waals surface area contributed by atoms with Gasteiger partial charge in [-0.2, -0.15) is 4.98 Å². The lowest BCUT2D eigenvalue weighted by atomic mass is 9.92. The Morgan fingerprint density at radius 1 is 1.00 bits per heavy atom. The van der Waals surface area contributed by atoms with Crippen LogP contribution in [0.5, 0.6) is 0 Å². The fourth-order valence-electron chi connectivity index (χ4n) is 6.69. The summed E-state index contributed by atoms with van der Waals surface area (Å²) in [5.74, 6) is 0.770. The number of aromatic nitrogens is 3. The molecule has 2 aromatic heterocycles. The molecule has 0 spiro atoms. The van der Waals surface area contributed by atoms with Gasteiger partial charge in [0.05, 0.1) is 16.4 Å². The van der Waals surface area contributed by atoms with Crippen molar-refractivity contribution in [1.82, 2.24) is 29.1 Å². The molecule has 49 heavy (non-hydrogen) atoms. The van der Waals surface area contributed by atoms with Gasteiger partial charge in [0.2, 0.25) is 16.0 Å². The van der Waals surface area contributed by atoms with Crippen molar-refractivity contribution in [2.45, 2.75) is 55.2 Å². The zero-order valence-electron chi connectivity index (χ0n) is 28.5. The third-order valence-electron chi connectivity index (χ3n) is 9.90. The number of nitrogens with zero attached hydrogens (tertiary/aromatic N) is 5. The average Bonchev–Trinajstić information content (AvgIpc) is 3.08. The number of anilines is 2. The summed E-state index contributed by atoms with van der Waals surface area (Å²) in [6, 6.07) is 14.8. The summed E-state index contributed by atoms with van der Waals surface area (Å²) in [5, 5.41) is 6.77. The first-order chi connectivity index (χ1) is 23.3. The van der Waals surface area contributed by atoms with Crippen molar-refractivity contribution in [2.75, 3.05) is 58.4 Å². The lowest BCUT2D eigenvalue weighted by molar-refractivity contribution is 0.277. The summed E-state index contributed by atoms with van der Waals surface area (Å²) in [6.07, 6.45) is 6.15. The molecule has 2 aromatic carbocycles. The molecule has 0 saturated carbocycles. The quantitative estimate of drug-likeness (QED) is 0.250. The summed E-state index contributed by atoms with van der Waals surface area (Å²) >= 11 is 0. The number of rotatable bonds is 10. The minimum absolute atomic E-state index is 0.0277. The lowest BCUT2D eigenvalue weighted by Gasteiger charge is -2.28. The molecule has 4 heterocycles. The molecule has 4 aromatic rings. The van der Waals surface area contributed by atoms with E-state index in [1.807, 2.05) is 26.1 Å². The van der Waals surface area contributed by atoms with Crippen LogP contribution >= 0.6 is 0 Å². The Labute approximate surface area is 288 Å². The maximum Gasteiger partial charge on any atom is 0.260 e. The second-order valence-electron chi connectivity index (χ2n) is 13.4. The van der Waals surface area contributed by atoms with Gasteiger partial charge in [0.1, 0.15) is 5.65 Å². The first-order valence-corrected chi connectivity index (χ1v) is 20.1. The van der Waals surface area contributed by atoms with Gasteiger partial charge in [-0.3, -0.25) is 9.36 Å². The van der Waals surface area contributed by atoms with Gasteiger partial charge >= 0.3 is 0 Å². The van der Waals surface area contributed by atoms with Crippen molar-refractivity contribution in [1.29, 1.82) is 0 Å². The van der Waals surface area contributed by atoms with E-state index in [-0.39, 0.29) is 18.0 Å². The van der Waals surface area contributed by atoms with E-state index in [4.69, 9.17) is 4.98 Å². The van der Waals surface area contributed by atoms with E-state index in [1.54, 1.807) is 30.5 Å². The maximum absolute atomic E-state index is 14.3. The van der Waals surface area contributed by atoms with Gasteiger partial charge in [0, 0.05) is 49.5 Å². The van der Waals surface area contributed by atoms with E-state index in [2.05, 4.69) is 32.7 Å². The van der Waals surface area contributed by atoms with Crippen molar-refractivity contribution >= 4 is 42.5 Å². The number of benzene rings is 2. The monoisotopic (exact) mass is 707 g/mol. The number of aryl methyl sites for hydroxylation is 1. The number of sulfone groups is 1. The molecule has 262 valence electrons. The molecule has 2 N–H and O–H groups in total. The molecule has 0 aliphatic carbocycles. The number of piperidine rings is 2. The van der Waals surface area contributed by atoms with E-state index in [0.717, 1.165) is 43.4 Å². The fourth-order valence-corrected chi connectivity index (χ4v) is 8.86. The lowest BCUT2D eigenvalue weighted by Crippen LogP contribution is -2.37. The van der Waals surface area contributed by atoms with E-state index < -0.39 is 30.7 Å². The summed E-state index contributed by atoms with van der Waals surface area (Å²) < 4.78 is 54.5. The summed E-state index contributed by atoms with van der Waals surface area (Å²) in [4.78, 5) is 25.9. The van der Waals surface area contributed by atoms with Crippen LogP contribution in [0.15, 0.2) is 64.4 Å². The highest BCUT2D eigenvalue weighted by Crippen LogP contribution is 2.31. The van der Waals surface area contributed by atoms with Crippen LogP contribution in [-0.2, 0) is 26.4 Å². The van der Waals surface area contributed by atoms with Crippen LogP contribution in [0.2, 0.25) is 0 Å². The van der Waals surface area contributed by atoms with Crippen molar-refractivity contribution < 1.29 is 16.8 Å². The number of fused-ring (bicyclic) bond motifs is 1. The molecule has 2 aliphatic rings. The molecule has 0 amide bonds. The Kier molecular flexibility index (Phi) is 10.2. The normalized spacial score (nSPS) is 18.3. The number of likely N-dealkylation sites (N-methyl/N-ethyl adjacent to an activating group) is 1. The number of sulfonamides is 1. The van der Waals surface area contributed by atoms with Gasteiger partial charge in [-0.1, -0.05) is 18.2 Å². The zero-order chi connectivity index (χ0) is 34.9. The van der Waals surface area contributed by atoms with E-state index in [1.165, 1.54) is 21.5 Å². The minimum Gasteiger partial charge on any atom is -0.324 e. The SMILES string of the molecule is Cc1ccc(S(=O)(=O)C2CCN(C)CC2)cc1-c1cc2cnc(Nc3ccc(C4CCCNC4)cc3)nc2n(CCN(C)S(C)(=O)=O)c1=O. The van der Waals surface area contributed by atoms with Gasteiger partial charge in [0.25, 0.3) is 5.56 Å². The van der Waals surface area contributed by atoms with E-state index in [0.29, 0.717) is 60.0 Å². The number of likely N-dealkylation sites (tertiary alicyclic amines) is 1. The highest BCUT2D eigenvalue weighted by molar-refractivity contribution is 7.92. The van der Waals surface area contributed by atoms with Gasteiger partial charge in [0.15, 0.2) is 9.84 Å². The van der Waals surface area contributed by atoms with Crippen LogP contribution in [0, 0.1) is 6.92 Å². The van der Waals surface area contributed by atoms with Gasteiger partial charge < -0.3 is 15.5 Å². The molecule has 12 nitrogen and oxygen atoms in total. The Hall–Kier alpha value is -3.69. The number of hydrogen-bond acceptors (Lipinski definition) is 10. The van der Waals surface area contributed by atoms with E-state index >= 15 is 0 Å². The molecule has 6 rings (SSSR count). The molecule has 1 unspecified atom stereocenters.